The predicted molar refractivity (Wildman–Crippen MR) is 136 cm³/mol. The lowest BCUT2D eigenvalue weighted by molar-refractivity contribution is -0.141. The fourth-order valence-electron chi connectivity index (χ4n) is 4.41. The van der Waals surface area contributed by atoms with Gasteiger partial charge in [-0.1, -0.05) is 45.0 Å². The molecule has 0 unspecified atom stereocenters. The molecule has 0 fully saturated rings. The first-order valence-electron chi connectivity index (χ1n) is 12.2. The Balaban J connectivity index is 1.49. The number of amides is 2. The van der Waals surface area contributed by atoms with Crippen LogP contribution in [0.2, 0.25) is 0 Å². The number of ether oxygens (including phenoxy) is 1. The summed E-state index contributed by atoms with van der Waals surface area (Å²) in [5.74, 6) is 0.0322. The van der Waals surface area contributed by atoms with Crippen molar-refractivity contribution in [1.29, 1.82) is 0 Å². The zero-order valence-corrected chi connectivity index (χ0v) is 21.0. The topological polar surface area (TPSA) is 71.5 Å². The van der Waals surface area contributed by atoms with E-state index in [1.807, 2.05) is 62.1 Å². The lowest BCUT2D eigenvalue weighted by Crippen LogP contribution is -2.45. The number of nitrogens with one attached hydrogen (secondary N) is 1. The third-order valence-corrected chi connectivity index (χ3v) is 6.23. The van der Waals surface area contributed by atoms with Gasteiger partial charge in [0.2, 0.25) is 5.91 Å². The SMILES string of the molecule is CC(C)(C)C(=O)N1CCc2ccc(OCC(=O)NCCc3ccccn3)cc2[C@H]1c1ccc(F)cc1. The van der Waals surface area contributed by atoms with Crippen LogP contribution in [0.5, 0.6) is 5.75 Å². The van der Waals surface area contributed by atoms with Crippen molar-refractivity contribution < 1.29 is 18.7 Å². The lowest BCUT2D eigenvalue weighted by atomic mass is 9.85. The van der Waals surface area contributed by atoms with Gasteiger partial charge in [0.25, 0.3) is 5.91 Å². The predicted octanol–water partition coefficient (Wildman–Crippen LogP) is 4.48. The van der Waals surface area contributed by atoms with E-state index in [0.717, 1.165) is 22.4 Å². The number of nitrogens with zero attached hydrogens (tertiary/aromatic N) is 2. The van der Waals surface area contributed by atoms with Gasteiger partial charge in [-0.15, -0.1) is 0 Å². The van der Waals surface area contributed by atoms with Crippen LogP contribution in [0.3, 0.4) is 0 Å². The maximum atomic E-state index is 13.7. The summed E-state index contributed by atoms with van der Waals surface area (Å²) < 4.78 is 19.5. The smallest absolute Gasteiger partial charge is 0.257 e. The molecule has 1 atom stereocenters. The summed E-state index contributed by atoms with van der Waals surface area (Å²) in [5, 5.41) is 2.85. The third-order valence-electron chi connectivity index (χ3n) is 6.23. The Kier molecular flexibility index (Phi) is 7.67. The Labute approximate surface area is 211 Å². The van der Waals surface area contributed by atoms with Crippen molar-refractivity contribution in [2.45, 2.75) is 39.7 Å². The van der Waals surface area contributed by atoms with Crippen LogP contribution in [0.4, 0.5) is 4.39 Å². The van der Waals surface area contributed by atoms with Crippen LogP contribution in [-0.4, -0.2) is 41.4 Å². The molecule has 0 aliphatic carbocycles. The molecule has 3 aromatic rings. The van der Waals surface area contributed by atoms with E-state index in [2.05, 4.69) is 10.3 Å². The zero-order chi connectivity index (χ0) is 25.7. The molecule has 2 heterocycles. The molecule has 1 aromatic heterocycles. The number of benzene rings is 2. The first kappa shape index (κ1) is 25.4. The maximum Gasteiger partial charge on any atom is 0.257 e. The van der Waals surface area contributed by atoms with Crippen LogP contribution in [0, 0.1) is 11.2 Å². The van der Waals surface area contributed by atoms with Gasteiger partial charge in [0.05, 0.1) is 6.04 Å². The van der Waals surface area contributed by atoms with Gasteiger partial charge in [-0.3, -0.25) is 14.6 Å². The van der Waals surface area contributed by atoms with Crippen LogP contribution in [-0.2, 0) is 22.4 Å². The monoisotopic (exact) mass is 489 g/mol. The number of hydrogen-bond acceptors (Lipinski definition) is 4. The van der Waals surface area contributed by atoms with Gasteiger partial charge in [0.1, 0.15) is 11.6 Å². The van der Waals surface area contributed by atoms with E-state index in [-0.39, 0.29) is 30.3 Å². The quantitative estimate of drug-likeness (QED) is 0.531. The van der Waals surface area contributed by atoms with Gasteiger partial charge in [0, 0.05) is 36.8 Å². The minimum absolute atomic E-state index is 0.0288. The molecular weight excluding hydrogens is 457 g/mol. The molecule has 36 heavy (non-hydrogen) atoms. The number of carbonyl (C=O) groups is 2. The van der Waals surface area contributed by atoms with Gasteiger partial charge >= 0.3 is 0 Å². The van der Waals surface area contributed by atoms with E-state index >= 15 is 0 Å². The van der Waals surface area contributed by atoms with Crippen LogP contribution < -0.4 is 10.1 Å². The Bertz CT molecular complexity index is 1210. The van der Waals surface area contributed by atoms with Crippen molar-refractivity contribution in [2.75, 3.05) is 19.7 Å². The van der Waals surface area contributed by atoms with Crippen molar-refractivity contribution in [1.82, 2.24) is 15.2 Å². The van der Waals surface area contributed by atoms with E-state index in [0.29, 0.717) is 31.7 Å². The average molecular weight is 490 g/mol. The summed E-state index contributed by atoms with van der Waals surface area (Å²) in [7, 11) is 0. The fourth-order valence-corrected chi connectivity index (χ4v) is 4.41. The Morgan fingerprint density at radius 3 is 2.58 bits per heavy atom. The minimum atomic E-state index is -0.558. The summed E-state index contributed by atoms with van der Waals surface area (Å²) in [6.07, 6.45) is 3.08. The highest BCUT2D eigenvalue weighted by molar-refractivity contribution is 5.83. The number of fused-ring (bicyclic) bond motifs is 1. The highest BCUT2D eigenvalue weighted by Gasteiger charge is 2.37. The molecule has 0 radical (unpaired) electrons. The summed E-state index contributed by atoms with van der Waals surface area (Å²) in [6.45, 7) is 6.63. The van der Waals surface area contributed by atoms with Gasteiger partial charge in [-0.25, -0.2) is 4.39 Å². The highest BCUT2D eigenvalue weighted by Crippen LogP contribution is 2.39. The van der Waals surface area contributed by atoms with Crippen LogP contribution in [0.25, 0.3) is 0 Å². The molecule has 0 saturated carbocycles. The summed E-state index contributed by atoms with van der Waals surface area (Å²) >= 11 is 0. The number of pyridine rings is 1. The largest absolute Gasteiger partial charge is 0.484 e. The van der Waals surface area contributed by atoms with E-state index in [1.54, 1.807) is 18.3 Å². The molecular formula is C29H32FN3O3. The number of rotatable bonds is 7. The molecule has 7 heteroatoms. The van der Waals surface area contributed by atoms with Crippen molar-refractivity contribution >= 4 is 11.8 Å². The van der Waals surface area contributed by atoms with E-state index in [4.69, 9.17) is 4.74 Å². The summed E-state index contributed by atoms with van der Waals surface area (Å²) in [5.41, 5.74) is 3.22. The van der Waals surface area contributed by atoms with Gasteiger partial charge in [-0.05, 0) is 59.5 Å². The van der Waals surface area contributed by atoms with E-state index in [1.165, 1.54) is 12.1 Å². The van der Waals surface area contributed by atoms with E-state index < -0.39 is 5.41 Å². The second-order valence-corrected chi connectivity index (χ2v) is 10.0. The Morgan fingerprint density at radius 1 is 1.11 bits per heavy atom. The van der Waals surface area contributed by atoms with Crippen molar-refractivity contribution in [3.8, 4) is 5.75 Å². The average Bonchev–Trinajstić information content (AvgIpc) is 2.87. The van der Waals surface area contributed by atoms with Crippen molar-refractivity contribution in [3.63, 3.8) is 0 Å². The zero-order valence-electron chi connectivity index (χ0n) is 21.0. The summed E-state index contributed by atoms with van der Waals surface area (Å²) in [6, 6.07) is 17.3. The second kappa shape index (κ2) is 10.9. The first-order chi connectivity index (χ1) is 17.2. The number of hydrogen-bond donors (Lipinski definition) is 1. The molecule has 0 bridgehead atoms. The normalized spacial score (nSPS) is 15.2. The molecule has 2 aromatic carbocycles. The lowest BCUT2D eigenvalue weighted by Gasteiger charge is -2.41. The van der Waals surface area contributed by atoms with Crippen molar-refractivity contribution in [2.24, 2.45) is 5.41 Å². The van der Waals surface area contributed by atoms with Gasteiger partial charge in [-0.2, -0.15) is 0 Å². The maximum absolute atomic E-state index is 13.7. The molecule has 0 saturated heterocycles. The van der Waals surface area contributed by atoms with Gasteiger partial charge in [0.15, 0.2) is 6.61 Å². The first-order valence-corrected chi connectivity index (χ1v) is 12.2. The standard InChI is InChI=1S/C29H32FN3O3/c1-29(2,3)28(35)33-17-14-20-9-12-24(18-25(20)27(33)21-7-10-22(30)11-8-21)36-19-26(34)32-16-13-23-6-4-5-15-31-23/h4-12,15,18,27H,13-14,16-17,19H2,1-3H3,(H,32,34)/t27-/m1/s1. The number of carbonyl (C=O) groups excluding carboxylic acids is 2. The molecule has 1 aliphatic heterocycles. The minimum Gasteiger partial charge on any atom is -0.484 e. The molecule has 1 aliphatic rings. The molecule has 0 spiro atoms. The van der Waals surface area contributed by atoms with Crippen molar-refractivity contribution in [3.05, 3.63) is 95.1 Å². The Hall–Kier alpha value is -3.74. The van der Waals surface area contributed by atoms with Crippen LogP contribution in [0.1, 0.15) is 49.2 Å². The molecule has 6 nitrogen and oxygen atoms in total. The molecule has 1 N–H and O–H groups in total. The third kappa shape index (κ3) is 6.08. The summed E-state index contributed by atoms with van der Waals surface area (Å²) in [4.78, 5) is 31.8. The van der Waals surface area contributed by atoms with Crippen LogP contribution >= 0.6 is 0 Å². The second-order valence-electron chi connectivity index (χ2n) is 10.0. The number of aromatic nitrogens is 1. The number of halogens is 1. The highest BCUT2D eigenvalue weighted by atomic mass is 19.1. The van der Waals surface area contributed by atoms with Gasteiger partial charge < -0.3 is 15.0 Å². The Morgan fingerprint density at radius 2 is 1.89 bits per heavy atom. The van der Waals surface area contributed by atoms with E-state index in [9.17, 15) is 14.0 Å². The molecule has 188 valence electrons. The molecule has 4 rings (SSSR count). The molecule has 2 amide bonds. The fraction of sp³-hybridized carbons (Fsp3) is 0.345. The van der Waals surface area contributed by atoms with Crippen LogP contribution in [0.15, 0.2) is 66.9 Å².